The molecular weight excluding hydrogens is 278 g/mol. The number of hydrogen-bond acceptors (Lipinski definition) is 3. The molecule has 3 nitrogen and oxygen atoms in total. The van der Waals surface area contributed by atoms with Crippen molar-refractivity contribution in [3.05, 3.63) is 52.5 Å². The molecule has 1 aromatic carbocycles. The molecule has 1 heterocycles. The van der Waals surface area contributed by atoms with Crippen molar-refractivity contribution in [1.82, 2.24) is 9.97 Å². The van der Waals surface area contributed by atoms with E-state index in [1.165, 1.54) is 5.56 Å². The average molecular weight is 292 g/mol. The number of aromatic nitrogens is 2. The van der Waals surface area contributed by atoms with Crippen LogP contribution in [-0.2, 0) is 0 Å². The molecule has 0 aliphatic rings. The van der Waals surface area contributed by atoms with Crippen LogP contribution < -0.4 is 5.32 Å². The topological polar surface area (TPSA) is 37.8 Å². The molecule has 1 unspecified atom stereocenters. The lowest BCUT2D eigenvalue weighted by atomic mass is 10.1. The maximum absolute atomic E-state index is 4.29. The van der Waals surface area contributed by atoms with Gasteiger partial charge in [-0.3, -0.25) is 9.97 Å². The second kappa shape index (κ2) is 5.27. The number of benzene rings is 1. The summed E-state index contributed by atoms with van der Waals surface area (Å²) in [5.74, 6) is 0. The number of halogens is 1. The molecule has 1 atom stereocenters. The van der Waals surface area contributed by atoms with Gasteiger partial charge >= 0.3 is 0 Å². The summed E-state index contributed by atoms with van der Waals surface area (Å²) < 4.78 is 1.09. The molecule has 0 fully saturated rings. The molecule has 2 aromatic rings. The minimum absolute atomic E-state index is 0.142. The van der Waals surface area contributed by atoms with Gasteiger partial charge in [0.25, 0.3) is 0 Å². The average Bonchev–Trinajstić information content (AvgIpc) is 2.34. The molecule has 1 aromatic heterocycles. The van der Waals surface area contributed by atoms with E-state index in [4.69, 9.17) is 0 Å². The Bertz CT molecular complexity index is 499. The van der Waals surface area contributed by atoms with Crippen LogP contribution in [0, 0.1) is 6.92 Å². The standard InChI is InChI=1S/C13H14BrN3/c1-9-7-11(14)3-4-12(9)17-10(2)13-8-15-5-6-16-13/h3-8,10,17H,1-2H3. The van der Waals surface area contributed by atoms with Crippen LogP contribution in [0.3, 0.4) is 0 Å². The van der Waals surface area contributed by atoms with Crippen molar-refractivity contribution in [2.24, 2.45) is 0 Å². The Labute approximate surface area is 109 Å². The molecule has 88 valence electrons. The molecule has 0 spiro atoms. The Balaban J connectivity index is 2.16. The van der Waals surface area contributed by atoms with E-state index < -0.39 is 0 Å². The van der Waals surface area contributed by atoms with Crippen LogP contribution >= 0.6 is 15.9 Å². The third kappa shape index (κ3) is 3.03. The molecule has 2 rings (SSSR count). The highest BCUT2D eigenvalue weighted by Crippen LogP contribution is 2.23. The normalized spacial score (nSPS) is 12.2. The van der Waals surface area contributed by atoms with E-state index >= 15 is 0 Å². The number of nitrogens with zero attached hydrogens (tertiary/aromatic N) is 2. The molecule has 0 aliphatic carbocycles. The van der Waals surface area contributed by atoms with Gasteiger partial charge in [0.2, 0.25) is 0 Å². The minimum Gasteiger partial charge on any atom is -0.377 e. The van der Waals surface area contributed by atoms with Crippen LogP contribution in [0.25, 0.3) is 0 Å². The second-order valence-electron chi connectivity index (χ2n) is 3.96. The highest BCUT2D eigenvalue weighted by molar-refractivity contribution is 9.10. The van der Waals surface area contributed by atoms with Crippen molar-refractivity contribution in [1.29, 1.82) is 0 Å². The van der Waals surface area contributed by atoms with Crippen molar-refractivity contribution in [2.75, 3.05) is 5.32 Å². The fourth-order valence-electron chi connectivity index (χ4n) is 1.63. The van der Waals surface area contributed by atoms with E-state index in [0.29, 0.717) is 0 Å². The lowest BCUT2D eigenvalue weighted by Crippen LogP contribution is -2.09. The fourth-order valence-corrected chi connectivity index (χ4v) is 2.11. The van der Waals surface area contributed by atoms with Gasteiger partial charge in [0.1, 0.15) is 0 Å². The molecule has 0 amide bonds. The Hall–Kier alpha value is -1.42. The molecule has 1 N–H and O–H groups in total. The third-order valence-corrected chi connectivity index (χ3v) is 3.08. The van der Waals surface area contributed by atoms with E-state index in [1.807, 2.05) is 6.07 Å². The lowest BCUT2D eigenvalue weighted by Gasteiger charge is -2.16. The van der Waals surface area contributed by atoms with E-state index in [1.54, 1.807) is 18.6 Å². The molecule has 0 aliphatic heterocycles. The number of nitrogens with one attached hydrogen (secondary N) is 1. The van der Waals surface area contributed by atoms with E-state index in [0.717, 1.165) is 15.9 Å². The SMILES string of the molecule is Cc1cc(Br)ccc1NC(C)c1cnccn1. The van der Waals surface area contributed by atoms with Crippen LogP contribution in [-0.4, -0.2) is 9.97 Å². The van der Waals surface area contributed by atoms with Crippen LogP contribution in [0.15, 0.2) is 41.3 Å². The van der Waals surface area contributed by atoms with Gasteiger partial charge in [-0.1, -0.05) is 15.9 Å². The third-order valence-electron chi connectivity index (χ3n) is 2.59. The van der Waals surface area contributed by atoms with E-state index in [9.17, 15) is 0 Å². The maximum Gasteiger partial charge on any atom is 0.0806 e. The lowest BCUT2D eigenvalue weighted by molar-refractivity contribution is 0.826. The van der Waals surface area contributed by atoms with Crippen LogP contribution in [0.1, 0.15) is 24.2 Å². The molecular formula is C13H14BrN3. The van der Waals surface area contributed by atoms with Gasteiger partial charge in [-0.2, -0.15) is 0 Å². The zero-order valence-electron chi connectivity index (χ0n) is 9.81. The first kappa shape index (κ1) is 12.0. The van der Waals surface area contributed by atoms with Crippen molar-refractivity contribution in [2.45, 2.75) is 19.9 Å². The Morgan fingerprint density at radius 2 is 2.12 bits per heavy atom. The number of hydrogen-bond donors (Lipinski definition) is 1. The largest absolute Gasteiger partial charge is 0.377 e. The van der Waals surface area contributed by atoms with E-state index in [2.05, 4.69) is 57.2 Å². The molecule has 17 heavy (non-hydrogen) atoms. The predicted octanol–water partition coefficient (Wildman–Crippen LogP) is 3.72. The molecule has 0 saturated heterocycles. The van der Waals surface area contributed by atoms with Crippen molar-refractivity contribution in [3.8, 4) is 0 Å². The first-order chi connectivity index (χ1) is 8.16. The van der Waals surface area contributed by atoms with E-state index in [-0.39, 0.29) is 6.04 Å². The molecule has 0 radical (unpaired) electrons. The van der Waals surface area contributed by atoms with Gasteiger partial charge < -0.3 is 5.32 Å². The summed E-state index contributed by atoms with van der Waals surface area (Å²) in [5.41, 5.74) is 3.26. The van der Waals surface area contributed by atoms with Crippen LogP contribution in [0.2, 0.25) is 0 Å². The summed E-state index contributed by atoms with van der Waals surface area (Å²) in [6.07, 6.45) is 5.18. The van der Waals surface area contributed by atoms with Crippen molar-refractivity contribution >= 4 is 21.6 Å². The smallest absolute Gasteiger partial charge is 0.0806 e. The summed E-state index contributed by atoms with van der Waals surface area (Å²) >= 11 is 3.46. The maximum atomic E-state index is 4.29. The minimum atomic E-state index is 0.142. The summed E-state index contributed by atoms with van der Waals surface area (Å²) in [4.78, 5) is 8.36. The first-order valence-electron chi connectivity index (χ1n) is 5.45. The number of rotatable bonds is 3. The number of anilines is 1. The predicted molar refractivity (Wildman–Crippen MR) is 72.9 cm³/mol. The Morgan fingerprint density at radius 3 is 2.76 bits per heavy atom. The zero-order chi connectivity index (χ0) is 12.3. The van der Waals surface area contributed by atoms with Gasteiger partial charge in [-0.05, 0) is 37.6 Å². The van der Waals surface area contributed by atoms with Gasteiger partial charge in [-0.25, -0.2) is 0 Å². The van der Waals surface area contributed by atoms with Gasteiger partial charge in [-0.15, -0.1) is 0 Å². The van der Waals surface area contributed by atoms with Gasteiger partial charge in [0.15, 0.2) is 0 Å². The summed E-state index contributed by atoms with van der Waals surface area (Å²) in [6, 6.07) is 6.32. The quantitative estimate of drug-likeness (QED) is 0.937. The zero-order valence-corrected chi connectivity index (χ0v) is 11.4. The van der Waals surface area contributed by atoms with Crippen molar-refractivity contribution < 1.29 is 0 Å². The highest BCUT2D eigenvalue weighted by Gasteiger charge is 2.07. The summed E-state index contributed by atoms with van der Waals surface area (Å²) in [7, 11) is 0. The van der Waals surface area contributed by atoms with Gasteiger partial charge in [0.05, 0.1) is 17.9 Å². The van der Waals surface area contributed by atoms with Crippen LogP contribution in [0.4, 0.5) is 5.69 Å². The Kier molecular flexibility index (Phi) is 3.74. The van der Waals surface area contributed by atoms with Crippen molar-refractivity contribution in [3.63, 3.8) is 0 Å². The first-order valence-corrected chi connectivity index (χ1v) is 6.24. The Morgan fingerprint density at radius 1 is 1.29 bits per heavy atom. The number of aryl methyl sites for hydroxylation is 1. The van der Waals surface area contributed by atoms with Crippen LogP contribution in [0.5, 0.6) is 0 Å². The second-order valence-corrected chi connectivity index (χ2v) is 4.87. The highest BCUT2D eigenvalue weighted by atomic mass is 79.9. The van der Waals surface area contributed by atoms with Gasteiger partial charge in [0, 0.05) is 22.6 Å². The summed E-state index contributed by atoms with van der Waals surface area (Å²) in [6.45, 7) is 4.15. The molecule has 0 saturated carbocycles. The molecule has 4 heteroatoms. The monoisotopic (exact) mass is 291 g/mol. The summed E-state index contributed by atoms with van der Waals surface area (Å²) in [5, 5.41) is 3.43. The molecule has 0 bridgehead atoms. The fraction of sp³-hybridized carbons (Fsp3) is 0.231.